The molecule has 6 atom stereocenters. The molecule has 170 valence electrons. The van der Waals surface area contributed by atoms with Gasteiger partial charge in [0.2, 0.25) is 17.7 Å². The molecule has 1 spiro atoms. The van der Waals surface area contributed by atoms with Gasteiger partial charge in [0.15, 0.2) is 0 Å². The molecule has 0 radical (unpaired) electrons. The summed E-state index contributed by atoms with van der Waals surface area (Å²) < 4.78 is 0. The van der Waals surface area contributed by atoms with E-state index in [1.54, 1.807) is 4.90 Å². The number of piperidine rings is 1. The molecule has 31 heavy (non-hydrogen) atoms. The Balaban J connectivity index is 1.46. The molecule has 0 unspecified atom stereocenters. The second-order valence-electron chi connectivity index (χ2n) is 11.8. The number of nitrogens with zero attached hydrogens (tertiary/aromatic N) is 2. The number of carbonyl (C=O) groups is 3. The van der Waals surface area contributed by atoms with E-state index in [1.807, 2.05) is 20.8 Å². The van der Waals surface area contributed by atoms with Gasteiger partial charge in [-0.05, 0) is 48.3 Å². The number of rotatable bonds is 5. The Labute approximate surface area is 184 Å². The highest BCUT2D eigenvalue weighted by atomic mass is 16.2. The zero-order valence-corrected chi connectivity index (χ0v) is 19.2. The lowest BCUT2D eigenvalue weighted by Crippen LogP contribution is -2.57. The normalized spacial score (nSPS) is 33.8. The van der Waals surface area contributed by atoms with Crippen LogP contribution in [0, 0.1) is 39.9 Å². The van der Waals surface area contributed by atoms with E-state index < -0.39 is 23.5 Å². The van der Waals surface area contributed by atoms with Crippen LogP contribution in [0.25, 0.3) is 0 Å². The SMILES string of the molecule is CC(C)(C)[C@H](N)C(=O)N1C[C@H]2[C@@H]([C@H]1C(=O)N[C@H](C#N)C[C@@H]1CC3(CC3)NC1=O)C2(C)C. The van der Waals surface area contributed by atoms with Crippen LogP contribution in [0.3, 0.4) is 0 Å². The van der Waals surface area contributed by atoms with Crippen molar-refractivity contribution >= 4 is 17.7 Å². The second-order valence-corrected chi connectivity index (χ2v) is 11.8. The van der Waals surface area contributed by atoms with Gasteiger partial charge in [0.05, 0.1) is 12.1 Å². The number of nitrogens with one attached hydrogen (secondary N) is 2. The molecule has 8 heteroatoms. The maximum absolute atomic E-state index is 13.3. The first-order valence-electron chi connectivity index (χ1n) is 11.4. The molecule has 8 nitrogen and oxygen atoms in total. The maximum atomic E-state index is 13.3. The number of nitriles is 1. The molecule has 4 fully saturated rings. The minimum absolute atomic E-state index is 0.0174. The quantitative estimate of drug-likeness (QED) is 0.598. The predicted molar refractivity (Wildman–Crippen MR) is 114 cm³/mol. The van der Waals surface area contributed by atoms with Crippen molar-refractivity contribution in [3.63, 3.8) is 0 Å². The van der Waals surface area contributed by atoms with E-state index in [4.69, 9.17) is 5.73 Å². The zero-order valence-electron chi connectivity index (χ0n) is 19.2. The van der Waals surface area contributed by atoms with Crippen molar-refractivity contribution in [2.75, 3.05) is 6.54 Å². The third-order valence-corrected chi connectivity index (χ3v) is 8.20. The number of hydrogen-bond acceptors (Lipinski definition) is 5. The average molecular weight is 430 g/mol. The lowest BCUT2D eigenvalue weighted by Gasteiger charge is -2.35. The molecule has 0 aromatic rings. The first kappa shape index (κ1) is 22.1. The maximum Gasteiger partial charge on any atom is 0.244 e. The van der Waals surface area contributed by atoms with Gasteiger partial charge in [-0.15, -0.1) is 0 Å². The van der Waals surface area contributed by atoms with Crippen molar-refractivity contribution in [3.8, 4) is 6.07 Å². The molecule has 4 aliphatic rings. The fraction of sp³-hybridized carbons (Fsp3) is 0.826. The van der Waals surface area contributed by atoms with E-state index in [0.29, 0.717) is 13.0 Å². The van der Waals surface area contributed by atoms with Crippen LogP contribution in [0.5, 0.6) is 0 Å². The van der Waals surface area contributed by atoms with E-state index in [-0.39, 0.29) is 46.4 Å². The van der Waals surface area contributed by atoms with Crippen LogP contribution in [-0.4, -0.2) is 52.8 Å². The minimum atomic E-state index is -0.758. The largest absolute Gasteiger partial charge is 0.350 e. The van der Waals surface area contributed by atoms with Gasteiger partial charge >= 0.3 is 0 Å². The Morgan fingerprint density at radius 2 is 2.00 bits per heavy atom. The topological polar surface area (TPSA) is 128 Å². The molecular weight excluding hydrogens is 394 g/mol. The number of fused-ring (bicyclic) bond motifs is 1. The van der Waals surface area contributed by atoms with Crippen molar-refractivity contribution in [2.24, 2.45) is 34.3 Å². The van der Waals surface area contributed by atoms with Gasteiger partial charge in [-0.3, -0.25) is 14.4 Å². The van der Waals surface area contributed by atoms with Crippen LogP contribution in [0.4, 0.5) is 0 Å². The molecule has 2 aliphatic heterocycles. The highest BCUT2D eigenvalue weighted by molar-refractivity contribution is 5.92. The van der Waals surface area contributed by atoms with Crippen molar-refractivity contribution in [3.05, 3.63) is 0 Å². The number of nitrogens with two attached hydrogens (primary N) is 1. The van der Waals surface area contributed by atoms with Crippen molar-refractivity contribution in [1.82, 2.24) is 15.5 Å². The summed E-state index contributed by atoms with van der Waals surface area (Å²) in [6.07, 6.45) is 3.01. The monoisotopic (exact) mass is 429 g/mol. The fourth-order valence-corrected chi connectivity index (χ4v) is 5.70. The van der Waals surface area contributed by atoms with E-state index in [9.17, 15) is 19.6 Å². The Hall–Kier alpha value is -2.14. The first-order chi connectivity index (χ1) is 14.3. The summed E-state index contributed by atoms with van der Waals surface area (Å²) >= 11 is 0. The highest BCUT2D eigenvalue weighted by Crippen LogP contribution is 2.65. The summed E-state index contributed by atoms with van der Waals surface area (Å²) in [4.78, 5) is 40.4. The molecule has 2 saturated heterocycles. The van der Waals surface area contributed by atoms with Gasteiger partial charge in [-0.25, -0.2) is 0 Å². The number of likely N-dealkylation sites (tertiary alicyclic amines) is 1. The summed E-state index contributed by atoms with van der Waals surface area (Å²) in [5.74, 6) is -0.478. The summed E-state index contributed by atoms with van der Waals surface area (Å²) in [6.45, 7) is 10.5. The second kappa shape index (κ2) is 6.93. The summed E-state index contributed by atoms with van der Waals surface area (Å²) in [7, 11) is 0. The van der Waals surface area contributed by atoms with E-state index >= 15 is 0 Å². The number of carbonyl (C=O) groups excluding carboxylic acids is 3. The third kappa shape index (κ3) is 3.71. The minimum Gasteiger partial charge on any atom is -0.350 e. The lowest BCUT2D eigenvalue weighted by molar-refractivity contribution is -0.143. The van der Waals surface area contributed by atoms with E-state index in [2.05, 4.69) is 30.6 Å². The molecule has 0 bridgehead atoms. The van der Waals surface area contributed by atoms with Gasteiger partial charge in [-0.2, -0.15) is 5.26 Å². The van der Waals surface area contributed by atoms with Crippen LogP contribution in [-0.2, 0) is 14.4 Å². The van der Waals surface area contributed by atoms with Gasteiger partial charge in [-0.1, -0.05) is 34.6 Å². The van der Waals surface area contributed by atoms with Crippen molar-refractivity contribution < 1.29 is 14.4 Å². The van der Waals surface area contributed by atoms with Crippen LogP contribution < -0.4 is 16.4 Å². The van der Waals surface area contributed by atoms with Crippen LogP contribution in [0.1, 0.15) is 60.3 Å². The molecule has 4 rings (SSSR count). The van der Waals surface area contributed by atoms with Crippen molar-refractivity contribution in [1.29, 1.82) is 5.26 Å². The van der Waals surface area contributed by atoms with Crippen LogP contribution >= 0.6 is 0 Å². The van der Waals surface area contributed by atoms with E-state index in [1.165, 1.54) is 0 Å². The Morgan fingerprint density at radius 3 is 2.52 bits per heavy atom. The molecule has 2 saturated carbocycles. The molecule has 4 N–H and O–H groups in total. The standard InChI is InChI=1S/C23H35N5O3/c1-21(2,3)17(25)20(31)28-11-14-15(22(14,4)5)16(28)19(30)26-13(10-24)8-12-9-23(6-7-23)27-18(12)29/h12-17H,6-9,11,25H2,1-5H3,(H,26,30)(H,27,29)/t12-,13+,14+,15+,16+,17-/m1/s1. The van der Waals surface area contributed by atoms with Gasteiger partial charge in [0, 0.05) is 18.0 Å². The van der Waals surface area contributed by atoms with Gasteiger partial charge in [0.1, 0.15) is 12.1 Å². The summed E-state index contributed by atoms with van der Waals surface area (Å²) in [5, 5.41) is 15.5. The average Bonchev–Trinajstić information content (AvgIpc) is 3.39. The summed E-state index contributed by atoms with van der Waals surface area (Å²) in [5.41, 5.74) is 5.74. The first-order valence-corrected chi connectivity index (χ1v) is 11.4. The van der Waals surface area contributed by atoms with E-state index in [0.717, 1.165) is 19.3 Å². The molecular formula is C23H35N5O3. The van der Waals surface area contributed by atoms with Crippen molar-refractivity contribution in [2.45, 2.75) is 84.0 Å². The Morgan fingerprint density at radius 1 is 1.35 bits per heavy atom. The molecule has 2 heterocycles. The predicted octanol–water partition coefficient (Wildman–Crippen LogP) is 0.910. The molecule has 0 aromatic heterocycles. The van der Waals surface area contributed by atoms with Gasteiger partial charge < -0.3 is 21.3 Å². The molecule has 0 aromatic carbocycles. The lowest BCUT2D eigenvalue weighted by atomic mass is 9.86. The Bertz CT molecular complexity index is 850. The Kier molecular flexibility index (Phi) is 4.93. The number of amides is 3. The number of hydrogen-bond donors (Lipinski definition) is 3. The third-order valence-electron chi connectivity index (χ3n) is 8.20. The smallest absolute Gasteiger partial charge is 0.244 e. The van der Waals surface area contributed by atoms with Gasteiger partial charge in [0.25, 0.3) is 0 Å². The van der Waals surface area contributed by atoms with Crippen LogP contribution in [0.15, 0.2) is 0 Å². The van der Waals surface area contributed by atoms with Crippen LogP contribution in [0.2, 0.25) is 0 Å². The zero-order chi connectivity index (χ0) is 22.9. The molecule has 2 aliphatic carbocycles. The highest BCUT2D eigenvalue weighted by Gasteiger charge is 2.69. The molecule has 3 amide bonds. The fourth-order valence-electron chi connectivity index (χ4n) is 5.70. The summed E-state index contributed by atoms with van der Waals surface area (Å²) in [6, 6.07) is 0.0706.